The molecule has 2 nitrogen and oxygen atoms in total. The molecule has 0 aliphatic rings. The van der Waals surface area contributed by atoms with Crippen LogP contribution in [-0.4, -0.2) is 17.8 Å². The van der Waals surface area contributed by atoms with Crippen molar-refractivity contribution < 1.29 is 9.13 Å². The fraction of sp³-hybridized carbons (Fsp3) is 0.240. The van der Waals surface area contributed by atoms with Crippen molar-refractivity contribution in [2.75, 3.05) is 6.61 Å². The Balaban J connectivity index is 1.68. The number of allylic oxidation sites excluding steroid dienone is 1. The molecular formula is C25H26FNO. The topological polar surface area (TPSA) is 22.1 Å². The second-order valence-corrected chi connectivity index (χ2v) is 6.89. The first-order valence-corrected chi connectivity index (χ1v) is 9.71. The zero-order chi connectivity index (χ0) is 19.8. The monoisotopic (exact) mass is 375 g/mol. The molecule has 0 N–H and O–H groups in total. The molecule has 0 amide bonds. The molecule has 0 aliphatic carbocycles. The van der Waals surface area contributed by atoms with Gasteiger partial charge in [-0.3, -0.25) is 0 Å². The van der Waals surface area contributed by atoms with E-state index in [1.54, 1.807) is 13.0 Å². The summed E-state index contributed by atoms with van der Waals surface area (Å²) in [6, 6.07) is 18.3. The van der Waals surface area contributed by atoms with Crippen LogP contribution in [0, 0.1) is 0 Å². The fourth-order valence-electron chi connectivity index (χ4n) is 3.01. The van der Waals surface area contributed by atoms with E-state index in [1.165, 1.54) is 0 Å². The van der Waals surface area contributed by atoms with Crippen LogP contribution >= 0.6 is 0 Å². The Morgan fingerprint density at radius 3 is 2.68 bits per heavy atom. The molecular weight excluding hydrogens is 349 g/mol. The molecule has 28 heavy (non-hydrogen) atoms. The van der Waals surface area contributed by atoms with Crippen LogP contribution in [0.3, 0.4) is 0 Å². The molecule has 0 spiro atoms. The van der Waals surface area contributed by atoms with Crippen LogP contribution in [0.5, 0.6) is 5.75 Å². The molecule has 1 heterocycles. The number of hydrogen-bond acceptors (Lipinski definition) is 2. The average molecular weight is 375 g/mol. The minimum Gasteiger partial charge on any atom is -0.490 e. The van der Waals surface area contributed by atoms with Gasteiger partial charge >= 0.3 is 0 Å². The minimum absolute atomic E-state index is 0.493. The number of rotatable bonds is 9. The van der Waals surface area contributed by atoms with Crippen molar-refractivity contribution in [2.45, 2.75) is 32.4 Å². The molecule has 1 atom stereocenters. The van der Waals surface area contributed by atoms with E-state index in [-0.39, 0.29) is 0 Å². The summed E-state index contributed by atoms with van der Waals surface area (Å²) in [5.41, 5.74) is 4.10. The van der Waals surface area contributed by atoms with Crippen molar-refractivity contribution in [1.82, 2.24) is 4.98 Å². The second-order valence-electron chi connectivity index (χ2n) is 6.89. The molecule has 0 saturated carbocycles. The number of halogens is 1. The summed E-state index contributed by atoms with van der Waals surface area (Å²) in [6.45, 7) is 5.77. The first-order chi connectivity index (χ1) is 13.7. The van der Waals surface area contributed by atoms with Crippen LogP contribution in [0.1, 0.15) is 31.7 Å². The van der Waals surface area contributed by atoms with Gasteiger partial charge in [-0.1, -0.05) is 55.1 Å². The maximum Gasteiger partial charge on any atom is 0.120 e. The zero-order valence-corrected chi connectivity index (χ0v) is 16.3. The average Bonchev–Trinajstić information content (AvgIpc) is 2.71. The van der Waals surface area contributed by atoms with Gasteiger partial charge in [-0.15, -0.1) is 0 Å². The molecule has 144 valence electrons. The van der Waals surface area contributed by atoms with Crippen molar-refractivity contribution in [3.05, 3.63) is 78.9 Å². The number of aromatic nitrogens is 1. The van der Waals surface area contributed by atoms with E-state index in [0.29, 0.717) is 13.0 Å². The van der Waals surface area contributed by atoms with Gasteiger partial charge in [0.1, 0.15) is 12.4 Å². The molecule has 1 aromatic heterocycles. The summed E-state index contributed by atoms with van der Waals surface area (Å²) < 4.78 is 18.4. The Hall–Kier alpha value is -2.94. The highest BCUT2D eigenvalue weighted by Gasteiger charge is 2.03. The summed E-state index contributed by atoms with van der Waals surface area (Å²) in [5.74, 6) is 0.819. The van der Waals surface area contributed by atoms with E-state index >= 15 is 0 Å². The number of ether oxygens (including phenoxy) is 1. The summed E-state index contributed by atoms with van der Waals surface area (Å²) in [7, 11) is 0. The van der Waals surface area contributed by atoms with E-state index in [9.17, 15) is 4.39 Å². The fourth-order valence-corrected chi connectivity index (χ4v) is 3.01. The molecule has 3 rings (SSSR count). The minimum atomic E-state index is -0.714. The Kier molecular flexibility index (Phi) is 6.96. The van der Waals surface area contributed by atoms with Gasteiger partial charge in [-0.05, 0) is 56.0 Å². The van der Waals surface area contributed by atoms with E-state index in [0.717, 1.165) is 46.3 Å². The Morgan fingerprint density at radius 2 is 1.93 bits per heavy atom. The first-order valence-electron chi connectivity index (χ1n) is 9.71. The molecule has 0 aliphatic heterocycles. The second kappa shape index (κ2) is 9.84. The number of nitrogens with zero attached hydrogens (tertiary/aromatic N) is 1. The highest BCUT2D eigenvalue weighted by Crippen LogP contribution is 2.24. The van der Waals surface area contributed by atoms with Gasteiger partial charge in [0.15, 0.2) is 0 Å². The van der Waals surface area contributed by atoms with E-state index in [1.807, 2.05) is 24.3 Å². The van der Waals surface area contributed by atoms with Crippen LogP contribution in [0.4, 0.5) is 4.39 Å². The van der Waals surface area contributed by atoms with Crippen molar-refractivity contribution in [1.29, 1.82) is 0 Å². The van der Waals surface area contributed by atoms with Crippen LogP contribution < -0.4 is 4.74 Å². The maximum atomic E-state index is 12.8. The molecule has 3 aromatic rings. The highest BCUT2D eigenvalue weighted by molar-refractivity contribution is 5.83. The Morgan fingerprint density at radius 1 is 1.11 bits per heavy atom. The SMILES string of the molecule is C=CCOc1ccc2nc(-c3ccc(C=CCCCC(C)F)cc3)ccc2c1. The standard InChI is InChI=1S/C25H26FNO/c1-3-17-28-23-14-16-25-22(18-23)13-15-24(27-25)21-11-9-20(10-12-21)8-6-4-5-7-19(2)26/h3,6,8-16,18-19H,1,4-5,7,17H2,2H3. The lowest BCUT2D eigenvalue weighted by Crippen LogP contribution is -1.93. The van der Waals surface area contributed by atoms with Gasteiger partial charge in [0.25, 0.3) is 0 Å². The van der Waals surface area contributed by atoms with Crippen LogP contribution in [0.2, 0.25) is 0 Å². The number of fused-ring (bicyclic) bond motifs is 1. The molecule has 3 heteroatoms. The van der Waals surface area contributed by atoms with Crippen molar-refractivity contribution in [3.63, 3.8) is 0 Å². The molecule has 0 saturated heterocycles. The van der Waals surface area contributed by atoms with E-state index < -0.39 is 6.17 Å². The van der Waals surface area contributed by atoms with E-state index in [4.69, 9.17) is 9.72 Å². The Labute approximate surface area is 166 Å². The number of unbranched alkanes of at least 4 members (excludes halogenated alkanes) is 1. The van der Waals surface area contributed by atoms with Gasteiger partial charge in [-0.2, -0.15) is 0 Å². The third kappa shape index (κ3) is 5.53. The zero-order valence-electron chi connectivity index (χ0n) is 16.3. The number of benzene rings is 2. The van der Waals surface area contributed by atoms with Crippen LogP contribution in [-0.2, 0) is 0 Å². The number of alkyl halides is 1. The predicted octanol–water partition coefficient (Wildman–Crippen LogP) is 7.01. The van der Waals surface area contributed by atoms with Crippen LogP contribution in [0.25, 0.3) is 28.2 Å². The third-order valence-electron chi connectivity index (χ3n) is 4.52. The summed E-state index contributed by atoms with van der Waals surface area (Å²) in [6.07, 6.45) is 7.62. The normalized spacial score (nSPS) is 12.4. The van der Waals surface area contributed by atoms with Crippen molar-refractivity contribution >= 4 is 17.0 Å². The van der Waals surface area contributed by atoms with E-state index in [2.05, 4.69) is 49.1 Å². The molecule has 0 bridgehead atoms. The highest BCUT2D eigenvalue weighted by atomic mass is 19.1. The predicted molar refractivity (Wildman–Crippen MR) is 116 cm³/mol. The van der Waals surface area contributed by atoms with Gasteiger partial charge in [0.05, 0.1) is 17.4 Å². The molecule has 0 fully saturated rings. The van der Waals surface area contributed by atoms with Crippen molar-refractivity contribution in [3.8, 4) is 17.0 Å². The molecule has 2 aromatic carbocycles. The smallest absolute Gasteiger partial charge is 0.120 e. The van der Waals surface area contributed by atoms with Crippen molar-refractivity contribution in [2.24, 2.45) is 0 Å². The number of pyridine rings is 1. The maximum absolute atomic E-state index is 12.8. The lowest BCUT2D eigenvalue weighted by atomic mass is 10.1. The molecule has 0 radical (unpaired) electrons. The largest absolute Gasteiger partial charge is 0.490 e. The summed E-state index contributed by atoms with van der Waals surface area (Å²) in [4.78, 5) is 4.77. The summed E-state index contributed by atoms with van der Waals surface area (Å²) in [5, 5.41) is 1.05. The Bertz CT molecular complexity index is 944. The first kappa shape index (κ1) is 19.8. The van der Waals surface area contributed by atoms with Gasteiger partial charge in [0.2, 0.25) is 0 Å². The summed E-state index contributed by atoms with van der Waals surface area (Å²) >= 11 is 0. The molecule has 1 unspecified atom stereocenters. The number of hydrogen-bond donors (Lipinski definition) is 0. The van der Waals surface area contributed by atoms with Gasteiger partial charge < -0.3 is 4.74 Å². The van der Waals surface area contributed by atoms with Gasteiger partial charge in [0, 0.05) is 10.9 Å². The lowest BCUT2D eigenvalue weighted by molar-refractivity contribution is 0.335. The van der Waals surface area contributed by atoms with Gasteiger partial charge in [-0.25, -0.2) is 9.37 Å². The third-order valence-corrected chi connectivity index (χ3v) is 4.52. The lowest BCUT2D eigenvalue weighted by Gasteiger charge is -2.07. The van der Waals surface area contributed by atoms with Crippen LogP contribution in [0.15, 0.2) is 73.3 Å². The quantitative estimate of drug-likeness (QED) is 0.296.